The molecular weight excluding hydrogens is 364 g/mol. The SMILES string of the molecule is CC(Cn1ccnc1)NC(=O)Cc1ccc(S(=O)(=O)N2CCCCC2)cc1. The fourth-order valence-electron chi connectivity index (χ4n) is 3.30. The largest absolute Gasteiger partial charge is 0.352 e. The summed E-state index contributed by atoms with van der Waals surface area (Å²) in [6, 6.07) is 6.61. The van der Waals surface area contributed by atoms with E-state index in [1.165, 1.54) is 0 Å². The van der Waals surface area contributed by atoms with E-state index in [0.717, 1.165) is 24.8 Å². The molecule has 0 aliphatic carbocycles. The zero-order valence-corrected chi connectivity index (χ0v) is 16.4. The lowest BCUT2D eigenvalue weighted by Gasteiger charge is -2.25. The Bertz CT molecular complexity index is 842. The van der Waals surface area contributed by atoms with Crippen molar-refractivity contribution < 1.29 is 13.2 Å². The first-order valence-electron chi connectivity index (χ1n) is 9.29. The van der Waals surface area contributed by atoms with Crippen molar-refractivity contribution in [2.24, 2.45) is 0 Å². The summed E-state index contributed by atoms with van der Waals surface area (Å²) >= 11 is 0. The Morgan fingerprint density at radius 3 is 2.52 bits per heavy atom. The molecule has 7 nitrogen and oxygen atoms in total. The molecule has 0 spiro atoms. The average molecular weight is 391 g/mol. The fraction of sp³-hybridized carbons (Fsp3) is 0.474. The van der Waals surface area contributed by atoms with Crippen LogP contribution in [0.1, 0.15) is 31.7 Å². The smallest absolute Gasteiger partial charge is 0.243 e. The Balaban J connectivity index is 1.56. The van der Waals surface area contributed by atoms with E-state index in [2.05, 4.69) is 10.3 Å². The lowest BCUT2D eigenvalue weighted by molar-refractivity contribution is -0.121. The lowest BCUT2D eigenvalue weighted by atomic mass is 10.1. The highest BCUT2D eigenvalue weighted by Gasteiger charge is 2.25. The van der Waals surface area contributed by atoms with E-state index in [9.17, 15) is 13.2 Å². The second-order valence-corrected chi connectivity index (χ2v) is 8.95. The van der Waals surface area contributed by atoms with E-state index in [1.807, 2.05) is 17.7 Å². The van der Waals surface area contributed by atoms with Crippen molar-refractivity contribution in [2.45, 2.75) is 50.1 Å². The normalized spacial score (nSPS) is 16.8. The summed E-state index contributed by atoms with van der Waals surface area (Å²) in [5, 5.41) is 2.95. The maximum absolute atomic E-state index is 12.7. The van der Waals surface area contributed by atoms with Gasteiger partial charge in [-0.2, -0.15) is 4.31 Å². The highest BCUT2D eigenvalue weighted by Crippen LogP contribution is 2.21. The van der Waals surface area contributed by atoms with E-state index in [-0.39, 0.29) is 18.4 Å². The van der Waals surface area contributed by atoms with Gasteiger partial charge in [0.2, 0.25) is 15.9 Å². The number of hydrogen-bond donors (Lipinski definition) is 1. The fourth-order valence-corrected chi connectivity index (χ4v) is 4.82. The minimum Gasteiger partial charge on any atom is -0.352 e. The van der Waals surface area contributed by atoms with Gasteiger partial charge in [-0.1, -0.05) is 18.6 Å². The molecule has 1 saturated heterocycles. The molecule has 1 amide bonds. The van der Waals surface area contributed by atoms with Crippen molar-refractivity contribution in [2.75, 3.05) is 13.1 Å². The maximum Gasteiger partial charge on any atom is 0.243 e. The van der Waals surface area contributed by atoms with Gasteiger partial charge >= 0.3 is 0 Å². The Morgan fingerprint density at radius 2 is 1.89 bits per heavy atom. The number of nitrogens with zero attached hydrogens (tertiary/aromatic N) is 3. The van der Waals surface area contributed by atoms with Crippen molar-refractivity contribution in [3.63, 3.8) is 0 Å². The van der Waals surface area contributed by atoms with Gasteiger partial charge in [0.05, 0.1) is 17.6 Å². The Morgan fingerprint density at radius 1 is 1.19 bits per heavy atom. The predicted octanol–water partition coefficient (Wildman–Crippen LogP) is 1.81. The van der Waals surface area contributed by atoms with E-state index >= 15 is 0 Å². The number of piperidine rings is 1. The molecule has 1 aromatic carbocycles. The molecule has 146 valence electrons. The zero-order chi connectivity index (χ0) is 19.3. The summed E-state index contributed by atoms with van der Waals surface area (Å²) in [6.45, 7) is 3.76. The minimum atomic E-state index is -3.43. The first-order chi connectivity index (χ1) is 12.9. The number of carbonyl (C=O) groups excluding carboxylic acids is 1. The van der Waals surface area contributed by atoms with E-state index < -0.39 is 10.0 Å². The third-order valence-corrected chi connectivity index (χ3v) is 6.60. The van der Waals surface area contributed by atoms with Crippen LogP contribution in [0, 0.1) is 0 Å². The van der Waals surface area contributed by atoms with Crippen LogP contribution in [0.25, 0.3) is 0 Å². The molecule has 8 heteroatoms. The lowest BCUT2D eigenvalue weighted by Crippen LogP contribution is -2.36. The molecule has 0 saturated carbocycles. The Kier molecular flexibility index (Phi) is 6.28. The summed E-state index contributed by atoms with van der Waals surface area (Å²) in [7, 11) is -3.43. The van der Waals surface area contributed by atoms with Gasteiger partial charge in [-0.3, -0.25) is 4.79 Å². The molecule has 1 unspecified atom stereocenters. The minimum absolute atomic E-state index is 0.0227. The number of aromatic nitrogens is 2. The van der Waals surface area contributed by atoms with Crippen LogP contribution in [0.2, 0.25) is 0 Å². The number of carbonyl (C=O) groups is 1. The average Bonchev–Trinajstić information content (AvgIpc) is 3.15. The Labute approximate surface area is 160 Å². The summed E-state index contributed by atoms with van der Waals surface area (Å²) in [6.07, 6.45) is 8.39. The first kappa shape index (κ1) is 19.6. The number of sulfonamides is 1. The summed E-state index contributed by atoms with van der Waals surface area (Å²) in [4.78, 5) is 16.5. The van der Waals surface area contributed by atoms with Crippen LogP contribution in [0.15, 0.2) is 47.9 Å². The van der Waals surface area contributed by atoms with Gasteiger partial charge in [0.25, 0.3) is 0 Å². The molecule has 1 N–H and O–H groups in total. The highest BCUT2D eigenvalue weighted by atomic mass is 32.2. The number of imidazole rings is 1. The van der Waals surface area contributed by atoms with Gasteiger partial charge in [0, 0.05) is 38.1 Å². The van der Waals surface area contributed by atoms with Gasteiger partial charge in [0.1, 0.15) is 0 Å². The zero-order valence-electron chi connectivity index (χ0n) is 15.5. The van der Waals surface area contributed by atoms with Crippen molar-refractivity contribution in [1.82, 2.24) is 19.2 Å². The first-order valence-corrected chi connectivity index (χ1v) is 10.7. The third-order valence-electron chi connectivity index (χ3n) is 4.69. The molecule has 1 atom stereocenters. The summed E-state index contributed by atoms with van der Waals surface area (Å²) in [5.74, 6) is -0.0887. The van der Waals surface area contributed by atoms with Crippen molar-refractivity contribution in [3.8, 4) is 0 Å². The van der Waals surface area contributed by atoms with Gasteiger partial charge in [-0.05, 0) is 37.5 Å². The molecule has 2 heterocycles. The molecule has 3 rings (SSSR count). The molecule has 1 aromatic heterocycles. The van der Waals surface area contributed by atoms with Crippen LogP contribution < -0.4 is 5.32 Å². The van der Waals surface area contributed by atoms with Gasteiger partial charge in [0.15, 0.2) is 0 Å². The number of amides is 1. The topological polar surface area (TPSA) is 84.3 Å². The van der Waals surface area contributed by atoms with Crippen LogP contribution in [0.4, 0.5) is 0 Å². The third kappa shape index (κ3) is 5.17. The van der Waals surface area contributed by atoms with Crippen molar-refractivity contribution in [3.05, 3.63) is 48.5 Å². The van der Waals surface area contributed by atoms with Crippen LogP contribution in [-0.4, -0.2) is 47.3 Å². The van der Waals surface area contributed by atoms with Crippen LogP contribution in [-0.2, 0) is 27.8 Å². The van der Waals surface area contributed by atoms with E-state index in [4.69, 9.17) is 0 Å². The van der Waals surface area contributed by atoms with Gasteiger partial charge < -0.3 is 9.88 Å². The van der Waals surface area contributed by atoms with Crippen LogP contribution in [0.3, 0.4) is 0 Å². The second-order valence-electron chi connectivity index (χ2n) is 7.01. The number of rotatable bonds is 7. The second kappa shape index (κ2) is 8.67. The molecule has 27 heavy (non-hydrogen) atoms. The quantitative estimate of drug-likeness (QED) is 0.781. The molecule has 0 radical (unpaired) electrons. The number of benzene rings is 1. The number of hydrogen-bond acceptors (Lipinski definition) is 4. The number of nitrogens with one attached hydrogen (secondary N) is 1. The van der Waals surface area contributed by atoms with Crippen LogP contribution >= 0.6 is 0 Å². The van der Waals surface area contributed by atoms with Crippen molar-refractivity contribution >= 4 is 15.9 Å². The molecular formula is C19H26N4O3S. The maximum atomic E-state index is 12.7. The van der Waals surface area contributed by atoms with Crippen molar-refractivity contribution in [1.29, 1.82) is 0 Å². The van der Waals surface area contributed by atoms with Gasteiger partial charge in [-0.25, -0.2) is 13.4 Å². The highest BCUT2D eigenvalue weighted by molar-refractivity contribution is 7.89. The summed E-state index contributed by atoms with van der Waals surface area (Å²) in [5.41, 5.74) is 0.792. The van der Waals surface area contributed by atoms with E-state index in [0.29, 0.717) is 24.5 Å². The molecule has 1 aliphatic rings. The molecule has 2 aromatic rings. The Hall–Kier alpha value is -2.19. The van der Waals surface area contributed by atoms with Gasteiger partial charge in [-0.15, -0.1) is 0 Å². The van der Waals surface area contributed by atoms with E-state index in [1.54, 1.807) is 41.1 Å². The molecule has 1 fully saturated rings. The standard InChI is InChI=1S/C19H26N4O3S/c1-16(14-22-12-9-20-15-22)21-19(24)13-17-5-7-18(8-6-17)27(25,26)23-10-3-2-4-11-23/h5-9,12,15-16H,2-4,10-11,13-14H2,1H3,(H,21,24). The summed E-state index contributed by atoms with van der Waals surface area (Å²) < 4.78 is 28.8. The predicted molar refractivity (Wildman–Crippen MR) is 103 cm³/mol. The molecule has 1 aliphatic heterocycles. The monoisotopic (exact) mass is 390 g/mol. The van der Waals surface area contributed by atoms with Crippen LogP contribution in [0.5, 0.6) is 0 Å². The molecule has 0 bridgehead atoms.